The number of carbonyl (C=O) groups is 1. The van der Waals surface area contributed by atoms with Gasteiger partial charge in [0.25, 0.3) is 5.91 Å². The highest BCUT2D eigenvalue weighted by Gasteiger charge is 2.32. The van der Waals surface area contributed by atoms with Crippen molar-refractivity contribution in [1.82, 2.24) is 10.3 Å². The van der Waals surface area contributed by atoms with Gasteiger partial charge in [0.2, 0.25) is 0 Å². The number of thiophene rings is 1. The summed E-state index contributed by atoms with van der Waals surface area (Å²) < 4.78 is 6.57. The molecule has 0 bridgehead atoms. The third-order valence-corrected chi connectivity index (χ3v) is 7.53. The van der Waals surface area contributed by atoms with Crippen molar-refractivity contribution in [2.24, 2.45) is 0 Å². The van der Waals surface area contributed by atoms with Crippen LogP contribution in [0.2, 0.25) is 10.0 Å². The number of nitrogens with zero attached hydrogens (tertiary/aromatic N) is 1. The number of rotatable bonds is 4. The molecule has 5 nitrogen and oxygen atoms in total. The van der Waals surface area contributed by atoms with Crippen molar-refractivity contribution in [3.8, 4) is 16.9 Å². The number of benzene rings is 2. The van der Waals surface area contributed by atoms with E-state index in [0.717, 1.165) is 32.5 Å². The molecule has 0 fully saturated rings. The zero-order valence-electron chi connectivity index (χ0n) is 18.6. The van der Waals surface area contributed by atoms with Crippen LogP contribution in [0.3, 0.4) is 0 Å². The molecule has 0 radical (unpaired) electrons. The maximum Gasteiger partial charge on any atom is 0.262 e. The monoisotopic (exact) mass is 512 g/mol. The SMILES string of the molecule is CC(C)(O)c1c(C(=O)NC2CCOc3ccccc32)sc2c(-c3cc(Cl)cc(Cl)c3)cncc12. The molecule has 8 heteroatoms. The summed E-state index contributed by atoms with van der Waals surface area (Å²) in [6.45, 7) is 3.88. The fourth-order valence-corrected chi connectivity index (χ4v) is 6.30. The minimum Gasteiger partial charge on any atom is -0.493 e. The van der Waals surface area contributed by atoms with Gasteiger partial charge in [-0.25, -0.2) is 0 Å². The molecule has 4 aromatic rings. The van der Waals surface area contributed by atoms with E-state index in [9.17, 15) is 9.90 Å². The Balaban J connectivity index is 1.62. The van der Waals surface area contributed by atoms with Gasteiger partial charge in [-0.05, 0) is 43.7 Å². The predicted octanol–water partition coefficient (Wildman–Crippen LogP) is 6.75. The first-order valence-corrected chi connectivity index (χ1v) is 12.4. The second kappa shape index (κ2) is 8.86. The molecular formula is C26H22Cl2N2O3S. The maximum absolute atomic E-state index is 13.6. The lowest BCUT2D eigenvalue weighted by Crippen LogP contribution is -2.33. The van der Waals surface area contributed by atoms with Crippen LogP contribution >= 0.6 is 34.5 Å². The van der Waals surface area contributed by atoms with Crippen LogP contribution in [0.25, 0.3) is 21.2 Å². The van der Waals surface area contributed by atoms with Gasteiger partial charge in [-0.3, -0.25) is 9.78 Å². The normalized spacial score (nSPS) is 15.6. The number of para-hydroxylation sites is 1. The van der Waals surface area contributed by atoms with Gasteiger partial charge in [0, 0.05) is 55.6 Å². The fourth-order valence-electron chi connectivity index (χ4n) is 4.41. The van der Waals surface area contributed by atoms with Crippen molar-refractivity contribution in [1.29, 1.82) is 0 Å². The highest BCUT2D eigenvalue weighted by molar-refractivity contribution is 7.21. The predicted molar refractivity (Wildman–Crippen MR) is 137 cm³/mol. The lowest BCUT2D eigenvalue weighted by Gasteiger charge is -2.27. The number of aliphatic hydroxyl groups is 1. The molecule has 2 aromatic carbocycles. The molecule has 3 heterocycles. The first kappa shape index (κ1) is 23.1. The fraction of sp³-hybridized carbons (Fsp3) is 0.231. The van der Waals surface area contributed by atoms with Crippen molar-refractivity contribution >= 4 is 50.5 Å². The van der Waals surface area contributed by atoms with Crippen LogP contribution in [-0.2, 0) is 5.60 Å². The summed E-state index contributed by atoms with van der Waals surface area (Å²) in [5, 5.41) is 16.0. The first-order chi connectivity index (χ1) is 16.2. The zero-order chi connectivity index (χ0) is 24.0. The van der Waals surface area contributed by atoms with Crippen LogP contribution in [0, 0.1) is 0 Å². The Kier molecular flexibility index (Phi) is 6.02. The van der Waals surface area contributed by atoms with E-state index < -0.39 is 5.60 Å². The largest absolute Gasteiger partial charge is 0.493 e. The number of nitrogens with one attached hydrogen (secondary N) is 1. The topological polar surface area (TPSA) is 71.5 Å². The van der Waals surface area contributed by atoms with E-state index in [-0.39, 0.29) is 11.9 Å². The number of hydrogen-bond donors (Lipinski definition) is 2. The third kappa shape index (κ3) is 4.27. The average molecular weight is 513 g/mol. The molecule has 0 aliphatic carbocycles. The molecule has 1 amide bonds. The van der Waals surface area contributed by atoms with Crippen molar-refractivity contribution in [3.05, 3.63) is 80.9 Å². The maximum atomic E-state index is 13.6. The quantitative estimate of drug-likeness (QED) is 0.317. The third-order valence-electron chi connectivity index (χ3n) is 5.85. The van der Waals surface area contributed by atoms with Crippen molar-refractivity contribution in [2.45, 2.75) is 31.9 Å². The van der Waals surface area contributed by atoms with E-state index >= 15 is 0 Å². The summed E-state index contributed by atoms with van der Waals surface area (Å²) in [4.78, 5) is 18.5. The van der Waals surface area contributed by atoms with Crippen LogP contribution in [-0.4, -0.2) is 22.6 Å². The Labute approximate surface area is 211 Å². The van der Waals surface area contributed by atoms with Gasteiger partial charge >= 0.3 is 0 Å². The average Bonchev–Trinajstić information content (AvgIpc) is 3.19. The van der Waals surface area contributed by atoms with Crippen LogP contribution < -0.4 is 10.1 Å². The molecule has 2 N–H and O–H groups in total. The summed E-state index contributed by atoms with van der Waals surface area (Å²) in [6.07, 6.45) is 4.08. The van der Waals surface area contributed by atoms with Crippen LogP contribution in [0.1, 0.15) is 47.1 Å². The second-order valence-corrected chi connectivity index (χ2v) is 10.7. The number of aromatic nitrogens is 1. The van der Waals surface area contributed by atoms with Gasteiger partial charge in [0.1, 0.15) is 5.75 Å². The summed E-state index contributed by atoms with van der Waals surface area (Å²) in [6, 6.07) is 12.8. The van der Waals surface area contributed by atoms with Gasteiger partial charge < -0.3 is 15.2 Å². The molecule has 5 rings (SSSR count). The number of carbonyl (C=O) groups excluding carboxylic acids is 1. The molecule has 2 aromatic heterocycles. The Morgan fingerprint density at radius 3 is 2.65 bits per heavy atom. The lowest BCUT2D eigenvalue weighted by atomic mass is 9.94. The summed E-state index contributed by atoms with van der Waals surface area (Å²) in [5.41, 5.74) is 1.83. The van der Waals surface area contributed by atoms with Crippen LogP contribution in [0.5, 0.6) is 5.75 Å². The number of fused-ring (bicyclic) bond motifs is 2. The van der Waals surface area contributed by atoms with Gasteiger partial charge in [0.15, 0.2) is 0 Å². The Morgan fingerprint density at radius 1 is 1.18 bits per heavy atom. The molecule has 1 aliphatic rings. The lowest BCUT2D eigenvalue weighted by molar-refractivity contribution is 0.0762. The summed E-state index contributed by atoms with van der Waals surface area (Å²) >= 11 is 13.8. The number of amides is 1. The van der Waals surface area contributed by atoms with Crippen molar-refractivity contribution < 1.29 is 14.6 Å². The number of ether oxygens (including phenoxy) is 1. The highest BCUT2D eigenvalue weighted by atomic mass is 35.5. The Morgan fingerprint density at radius 2 is 1.91 bits per heavy atom. The van der Waals surface area contributed by atoms with Gasteiger partial charge in [-0.2, -0.15) is 0 Å². The standard InChI is InChI=1S/C26H22Cl2N2O3S/c1-26(2,32)22-19-13-29-12-18(14-9-15(27)11-16(28)10-14)23(19)34-24(22)25(31)30-20-7-8-33-21-6-4-3-5-17(20)21/h3-6,9-13,20,32H,7-8H2,1-2H3,(H,30,31). The Hall–Kier alpha value is -2.64. The molecule has 34 heavy (non-hydrogen) atoms. The molecular weight excluding hydrogens is 491 g/mol. The van der Waals surface area contributed by atoms with E-state index in [2.05, 4.69) is 10.3 Å². The number of halogens is 2. The van der Waals surface area contributed by atoms with Crippen molar-refractivity contribution in [3.63, 3.8) is 0 Å². The molecule has 0 saturated heterocycles. The van der Waals surface area contributed by atoms with E-state index in [1.165, 1.54) is 11.3 Å². The smallest absolute Gasteiger partial charge is 0.262 e. The number of pyridine rings is 1. The van der Waals surface area contributed by atoms with E-state index in [4.69, 9.17) is 27.9 Å². The van der Waals surface area contributed by atoms with Crippen LogP contribution in [0.15, 0.2) is 54.9 Å². The van der Waals surface area contributed by atoms with E-state index in [1.807, 2.05) is 36.4 Å². The second-order valence-electron chi connectivity index (χ2n) is 8.79. The first-order valence-electron chi connectivity index (χ1n) is 10.8. The van der Waals surface area contributed by atoms with Gasteiger partial charge in [-0.1, -0.05) is 41.4 Å². The van der Waals surface area contributed by atoms with Crippen LogP contribution in [0.4, 0.5) is 0 Å². The highest BCUT2D eigenvalue weighted by Crippen LogP contribution is 2.43. The van der Waals surface area contributed by atoms with E-state index in [1.54, 1.807) is 32.3 Å². The summed E-state index contributed by atoms with van der Waals surface area (Å²) in [5.74, 6) is 0.539. The zero-order valence-corrected chi connectivity index (χ0v) is 20.9. The molecule has 1 atom stereocenters. The minimum absolute atomic E-state index is 0.179. The molecule has 0 saturated carbocycles. The van der Waals surface area contributed by atoms with Gasteiger partial charge in [0.05, 0.1) is 23.1 Å². The minimum atomic E-state index is -1.26. The molecule has 1 aliphatic heterocycles. The molecule has 174 valence electrons. The molecule has 0 spiro atoms. The number of hydrogen-bond acceptors (Lipinski definition) is 5. The summed E-state index contributed by atoms with van der Waals surface area (Å²) in [7, 11) is 0. The van der Waals surface area contributed by atoms with E-state index in [0.29, 0.717) is 33.5 Å². The van der Waals surface area contributed by atoms with Crippen molar-refractivity contribution in [2.75, 3.05) is 6.61 Å². The van der Waals surface area contributed by atoms with Gasteiger partial charge in [-0.15, -0.1) is 11.3 Å². The molecule has 1 unspecified atom stereocenters. The Bertz CT molecular complexity index is 1390.